The first-order valence-electron chi connectivity index (χ1n) is 5.96. The molecular weight excluding hydrogens is 320 g/mol. The lowest BCUT2D eigenvalue weighted by Gasteiger charge is -2.03. The fourth-order valence-corrected chi connectivity index (χ4v) is 3.63. The first kappa shape index (κ1) is 12.6. The maximum Gasteiger partial charge on any atom is 0.169 e. The summed E-state index contributed by atoms with van der Waals surface area (Å²) in [4.78, 5) is 12.2. The highest BCUT2D eigenvalue weighted by atomic mass is 79.9. The minimum Gasteiger partial charge on any atom is -0.294 e. The Morgan fingerprint density at radius 3 is 2.58 bits per heavy atom. The van der Waals surface area contributed by atoms with Gasteiger partial charge < -0.3 is 0 Å². The van der Waals surface area contributed by atoms with Crippen LogP contribution in [0.25, 0.3) is 10.8 Å². The standard InChI is InChI=1S/C16H11BrOS/c17-15-10-19-9-14(15)16(18)8-11-5-6-12-3-1-2-4-13(12)7-11/h1-7,9-10H,8H2. The maximum atomic E-state index is 12.2. The van der Waals surface area contributed by atoms with Gasteiger partial charge in [-0.3, -0.25) is 4.79 Å². The number of fused-ring (bicyclic) bond motifs is 1. The summed E-state index contributed by atoms with van der Waals surface area (Å²) in [6, 6.07) is 14.4. The van der Waals surface area contributed by atoms with E-state index in [2.05, 4.69) is 40.2 Å². The van der Waals surface area contributed by atoms with Gasteiger partial charge in [-0.2, -0.15) is 11.3 Å². The first-order valence-corrected chi connectivity index (χ1v) is 7.70. The second-order valence-corrected chi connectivity index (χ2v) is 6.01. The molecule has 0 saturated heterocycles. The van der Waals surface area contributed by atoms with E-state index in [1.54, 1.807) is 0 Å². The third-order valence-electron chi connectivity index (χ3n) is 3.09. The third-order valence-corrected chi connectivity index (χ3v) is 4.80. The molecule has 0 spiro atoms. The van der Waals surface area contributed by atoms with Gasteiger partial charge in [0.05, 0.1) is 0 Å². The molecule has 0 saturated carbocycles. The zero-order valence-electron chi connectivity index (χ0n) is 10.1. The highest BCUT2D eigenvalue weighted by Gasteiger charge is 2.11. The number of benzene rings is 2. The maximum absolute atomic E-state index is 12.2. The average Bonchev–Trinajstić information content (AvgIpc) is 2.85. The van der Waals surface area contributed by atoms with Crippen LogP contribution in [-0.2, 0) is 6.42 Å². The predicted octanol–water partition coefficient (Wildman–Crippen LogP) is 5.09. The summed E-state index contributed by atoms with van der Waals surface area (Å²) >= 11 is 4.95. The summed E-state index contributed by atoms with van der Waals surface area (Å²) in [5.74, 6) is 0.156. The Morgan fingerprint density at radius 1 is 1.05 bits per heavy atom. The van der Waals surface area contributed by atoms with Gasteiger partial charge in [0.2, 0.25) is 0 Å². The van der Waals surface area contributed by atoms with Crippen LogP contribution in [0.1, 0.15) is 15.9 Å². The van der Waals surface area contributed by atoms with E-state index in [0.29, 0.717) is 6.42 Å². The number of thiophene rings is 1. The summed E-state index contributed by atoms with van der Waals surface area (Å²) in [6.07, 6.45) is 0.445. The molecule has 0 N–H and O–H groups in total. The van der Waals surface area contributed by atoms with Crippen LogP contribution in [0.4, 0.5) is 0 Å². The second-order valence-electron chi connectivity index (χ2n) is 4.41. The summed E-state index contributed by atoms with van der Waals surface area (Å²) in [5, 5.41) is 6.22. The molecule has 19 heavy (non-hydrogen) atoms. The average molecular weight is 331 g/mol. The molecular formula is C16H11BrOS. The van der Waals surface area contributed by atoms with Gasteiger partial charge in [0.1, 0.15) is 0 Å². The van der Waals surface area contributed by atoms with Crippen LogP contribution >= 0.6 is 27.3 Å². The SMILES string of the molecule is O=C(Cc1ccc2ccccc2c1)c1cscc1Br. The monoisotopic (exact) mass is 330 g/mol. The number of halogens is 1. The van der Waals surface area contributed by atoms with Crippen LogP contribution in [0.3, 0.4) is 0 Å². The predicted molar refractivity (Wildman–Crippen MR) is 84.0 cm³/mol. The highest BCUT2D eigenvalue weighted by Crippen LogP contribution is 2.23. The molecule has 0 aliphatic carbocycles. The first-order chi connectivity index (χ1) is 9.24. The Kier molecular flexibility index (Phi) is 3.49. The van der Waals surface area contributed by atoms with Crippen molar-refractivity contribution in [2.24, 2.45) is 0 Å². The van der Waals surface area contributed by atoms with E-state index in [9.17, 15) is 4.79 Å². The second kappa shape index (κ2) is 5.27. The van der Waals surface area contributed by atoms with Crippen molar-refractivity contribution in [3.63, 3.8) is 0 Å². The number of hydrogen-bond acceptors (Lipinski definition) is 2. The van der Waals surface area contributed by atoms with Crippen LogP contribution in [0.5, 0.6) is 0 Å². The molecule has 0 aliphatic rings. The Hall–Kier alpha value is -1.45. The molecule has 0 aliphatic heterocycles. The lowest BCUT2D eigenvalue weighted by atomic mass is 10.0. The summed E-state index contributed by atoms with van der Waals surface area (Å²) < 4.78 is 0.892. The molecule has 1 nitrogen and oxygen atoms in total. The molecule has 1 aromatic heterocycles. The largest absolute Gasteiger partial charge is 0.294 e. The van der Waals surface area contributed by atoms with E-state index < -0.39 is 0 Å². The zero-order chi connectivity index (χ0) is 13.2. The third kappa shape index (κ3) is 2.62. The zero-order valence-corrected chi connectivity index (χ0v) is 12.5. The van der Waals surface area contributed by atoms with Crippen LogP contribution in [0.2, 0.25) is 0 Å². The Bertz CT molecular complexity index is 745. The minimum absolute atomic E-state index is 0.156. The van der Waals surface area contributed by atoms with E-state index in [1.807, 2.05) is 29.0 Å². The van der Waals surface area contributed by atoms with Gasteiger partial charge >= 0.3 is 0 Å². The minimum atomic E-state index is 0.156. The molecule has 0 amide bonds. The Balaban J connectivity index is 1.89. The van der Waals surface area contributed by atoms with Crippen molar-refractivity contribution in [2.45, 2.75) is 6.42 Å². The van der Waals surface area contributed by atoms with Gasteiger partial charge in [0, 0.05) is 27.2 Å². The molecule has 1 heterocycles. The Labute approximate surface area is 124 Å². The van der Waals surface area contributed by atoms with Crippen molar-refractivity contribution < 1.29 is 4.79 Å². The van der Waals surface area contributed by atoms with Crippen LogP contribution in [0.15, 0.2) is 57.7 Å². The van der Waals surface area contributed by atoms with Gasteiger partial charge in [-0.05, 0) is 32.3 Å². The fraction of sp³-hybridized carbons (Fsp3) is 0.0625. The molecule has 0 bridgehead atoms. The highest BCUT2D eigenvalue weighted by molar-refractivity contribution is 9.10. The molecule has 0 radical (unpaired) electrons. The van der Waals surface area contributed by atoms with Crippen molar-refractivity contribution in [2.75, 3.05) is 0 Å². The number of hydrogen-bond donors (Lipinski definition) is 0. The number of carbonyl (C=O) groups excluding carboxylic acids is 1. The fourth-order valence-electron chi connectivity index (χ4n) is 2.11. The van der Waals surface area contributed by atoms with Gasteiger partial charge in [-0.25, -0.2) is 0 Å². The van der Waals surface area contributed by atoms with Crippen LogP contribution in [0, 0.1) is 0 Å². The molecule has 94 valence electrons. The molecule has 0 atom stereocenters. The number of rotatable bonds is 3. The Morgan fingerprint density at radius 2 is 1.84 bits per heavy atom. The van der Waals surface area contributed by atoms with Crippen molar-refractivity contribution in [1.29, 1.82) is 0 Å². The normalized spacial score (nSPS) is 10.8. The van der Waals surface area contributed by atoms with Crippen molar-refractivity contribution in [3.8, 4) is 0 Å². The summed E-state index contributed by atoms with van der Waals surface area (Å²) in [7, 11) is 0. The van der Waals surface area contributed by atoms with Crippen molar-refractivity contribution in [1.82, 2.24) is 0 Å². The van der Waals surface area contributed by atoms with Crippen LogP contribution < -0.4 is 0 Å². The number of ketones is 1. The molecule has 3 rings (SSSR count). The van der Waals surface area contributed by atoms with E-state index in [-0.39, 0.29) is 5.78 Å². The van der Waals surface area contributed by atoms with Crippen molar-refractivity contribution >= 4 is 43.8 Å². The van der Waals surface area contributed by atoms with E-state index in [4.69, 9.17) is 0 Å². The van der Waals surface area contributed by atoms with Crippen LogP contribution in [-0.4, -0.2) is 5.78 Å². The molecule has 0 unspecified atom stereocenters. The summed E-state index contributed by atoms with van der Waals surface area (Å²) in [5.41, 5.74) is 1.83. The van der Waals surface area contributed by atoms with Crippen molar-refractivity contribution in [3.05, 3.63) is 68.8 Å². The molecule has 0 fully saturated rings. The summed E-state index contributed by atoms with van der Waals surface area (Å²) in [6.45, 7) is 0. The van der Waals surface area contributed by atoms with Gasteiger partial charge in [-0.1, -0.05) is 42.5 Å². The quantitative estimate of drug-likeness (QED) is 0.611. The number of Topliss-reactive ketones (excluding diaryl/α,β-unsaturated/α-hetero) is 1. The van der Waals surface area contributed by atoms with Gasteiger partial charge in [0.25, 0.3) is 0 Å². The van der Waals surface area contributed by atoms with Gasteiger partial charge in [-0.15, -0.1) is 0 Å². The van der Waals surface area contributed by atoms with E-state index in [0.717, 1.165) is 15.6 Å². The molecule has 3 heteroatoms. The number of carbonyl (C=O) groups is 1. The van der Waals surface area contributed by atoms with Gasteiger partial charge in [0.15, 0.2) is 5.78 Å². The topological polar surface area (TPSA) is 17.1 Å². The van der Waals surface area contributed by atoms with E-state index >= 15 is 0 Å². The molecule has 3 aromatic rings. The lowest BCUT2D eigenvalue weighted by molar-refractivity contribution is 0.0993. The lowest BCUT2D eigenvalue weighted by Crippen LogP contribution is -2.02. The molecule has 2 aromatic carbocycles. The smallest absolute Gasteiger partial charge is 0.169 e. The van der Waals surface area contributed by atoms with E-state index in [1.165, 1.54) is 22.1 Å².